The number of aromatic nitrogens is 1. The van der Waals surface area contributed by atoms with E-state index in [1.807, 2.05) is 13.0 Å². The number of nitrogens with one attached hydrogen (secondary N) is 1. The quantitative estimate of drug-likeness (QED) is 0.617. The van der Waals surface area contributed by atoms with Crippen LogP contribution >= 0.6 is 15.9 Å². The van der Waals surface area contributed by atoms with Crippen molar-refractivity contribution in [3.63, 3.8) is 0 Å². The summed E-state index contributed by atoms with van der Waals surface area (Å²) in [6, 6.07) is 10.1. The molecule has 0 saturated heterocycles. The molecule has 0 unspecified atom stereocenters. The molecule has 0 spiro atoms. The summed E-state index contributed by atoms with van der Waals surface area (Å²) in [7, 11) is 0. The Morgan fingerprint density at radius 1 is 1.33 bits per heavy atom. The molecule has 0 aliphatic carbocycles. The number of ether oxygens (including phenoxy) is 1. The van der Waals surface area contributed by atoms with Gasteiger partial charge in [0.05, 0.1) is 9.40 Å². The molecule has 1 heterocycles. The van der Waals surface area contributed by atoms with Crippen LogP contribution in [0.2, 0.25) is 0 Å². The topological polar surface area (TPSA) is 77.3 Å². The molecule has 0 aliphatic heterocycles. The second kappa shape index (κ2) is 7.03. The summed E-state index contributed by atoms with van der Waals surface area (Å²) in [6.07, 6.45) is 0.930. The summed E-state index contributed by atoms with van der Waals surface area (Å²) in [5.74, 6) is 0.984. The number of hydrogen-bond acceptors (Lipinski definition) is 5. The van der Waals surface area contributed by atoms with E-state index in [2.05, 4.69) is 26.2 Å². The van der Waals surface area contributed by atoms with E-state index in [0.29, 0.717) is 16.0 Å². The lowest BCUT2D eigenvalue weighted by molar-refractivity contribution is -0.386. The molecule has 110 valence electrons. The van der Waals surface area contributed by atoms with E-state index in [-0.39, 0.29) is 11.6 Å². The number of rotatable bonds is 6. The van der Waals surface area contributed by atoms with Crippen LogP contribution < -0.4 is 10.1 Å². The van der Waals surface area contributed by atoms with Crippen molar-refractivity contribution in [1.82, 2.24) is 4.98 Å². The van der Waals surface area contributed by atoms with E-state index in [9.17, 15) is 10.1 Å². The highest BCUT2D eigenvalue weighted by molar-refractivity contribution is 9.10. The van der Waals surface area contributed by atoms with E-state index in [0.717, 1.165) is 13.0 Å². The van der Waals surface area contributed by atoms with Crippen molar-refractivity contribution in [2.75, 3.05) is 11.9 Å². The zero-order valence-electron chi connectivity index (χ0n) is 11.4. The molecule has 2 aromatic rings. The van der Waals surface area contributed by atoms with Gasteiger partial charge in [0.2, 0.25) is 0 Å². The number of pyridine rings is 1. The van der Waals surface area contributed by atoms with Crippen LogP contribution in [-0.2, 0) is 0 Å². The lowest BCUT2D eigenvalue weighted by Gasteiger charge is -2.09. The van der Waals surface area contributed by atoms with Gasteiger partial charge in [0, 0.05) is 12.6 Å². The molecular weight excluding hydrogens is 338 g/mol. The molecule has 2 rings (SSSR count). The van der Waals surface area contributed by atoms with Crippen molar-refractivity contribution < 1.29 is 9.66 Å². The average molecular weight is 352 g/mol. The van der Waals surface area contributed by atoms with Crippen LogP contribution in [0.5, 0.6) is 11.6 Å². The molecule has 7 heteroatoms. The normalized spacial score (nSPS) is 10.2. The Bertz CT molecular complexity index is 649. The fourth-order valence-corrected chi connectivity index (χ4v) is 2.00. The molecule has 1 N–H and O–H groups in total. The van der Waals surface area contributed by atoms with Crippen molar-refractivity contribution in [2.24, 2.45) is 0 Å². The maximum absolute atomic E-state index is 11.1. The smallest absolute Gasteiger partial charge is 0.331 e. The van der Waals surface area contributed by atoms with Gasteiger partial charge >= 0.3 is 11.6 Å². The van der Waals surface area contributed by atoms with Crippen molar-refractivity contribution in [3.8, 4) is 11.6 Å². The van der Waals surface area contributed by atoms with E-state index < -0.39 is 4.92 Å². The van der Waals surface area contributed by atoms with Crippen LogP contribution in [0.4, 0.5) is 11.5 Å². The lowest BCUT2D eigenvalue weighted by atomic mass is 10.3. The summed E-state index contributed by atoms with van der Waals surface area (Å²) in [5, 5.41) is 14.2. The highest BCUT2D eigenvalue weighted by Gasteiger charge is 2.19. The minimum absolute atomic E-state index is 0.0343. The van der Waals surface area contributed by atoms with Crippen molar-refractivity contribution in [3.05, 3.63) is 51.0 Å². The zero-order chi connectivity index (χ0) is 15.2. The van der Waals surface area contributed by atoms with E-state index in [1.165, 1.54) is 6.07 Å². The molecule has 1 aromatic heterocycles. The first-order valence-corrected chi connectivity index (χ1v) is 7.22. The van der Waals surface area contributed by atoms with Crippen LogP contribution in [0.25, 0.3) is 0 Å². The third kappa shape index (κ3) is 3.91. The monoisotopic (exact) mass is 351 g/mol. The zero-order valence-corrected chi connectivity index (χ0v) is 13.0. The number of benzene rings is 1. The molecule has 0 atom stereocenters. The van der Waals surface area contributed by atoms with Gasteiger partial charge in [-0.15, -0.1) is 0 Å². The molecule has 21 heavy (non-hydrogen) atoms. The van der Waals surface area contributed by atoms with Crippen LogP contribution in [0.3, 0.4) is 0 Å². The average Bonchev–Trinajstić information content (AvgIpc) is 2.47. The number of para-hydroxylation sites is 1. The molecule has 0 saturated carbocycles. The number of nitro groups is 1. The molecule has 0 bridgehead atoms. The standard InChI is InChI=1S/C14H14BrN3O3/c1-2-9-16-13-8-7-11(18(19)20)14(17-13)21-12-6-4-3-5-10(12)15/h3-8H,2,9H2,1H3,(H,16,17). The minimum atomic E-state index is -0.511. The van der Waals surface area contributed by atoms with Gasteiger partial charge in [-0.05, 0) is 40.5 Å². The fourth-order valence-electron chi connectivity index (χ4n) is 1.63. The van der Waals surface area contributed by atoms with Crippen molar-refractivity contribution in [1.29, 1.82) is 0 Å². The van der Waals surface area contributed by atoms with Gasteiger partial charge in [-0.3, -0.25) is 10.1 Å². The first-order chi connectivity index (χ1) is 10.1. The van der Waals surface area contributed by atoms with Gasteiger partial charge in [-0.1, -0.05) is 19.1 Å². The highest BCUT2D eigenvalue weighted by atomic mass is 79.9. The van der Waals surface area contributed by atoms with Gasteiger partial charge in [0.1, 0.15) is 11.6 Å². The van der Waals surface area contributed by atoms with Gasteiger partial charge in [-0.2, -0.15) is 4.98 Å². The Morgan fingerprint density at radius 2 is 2.10 bits per heavy atom. The molecule has 0 amide bonds. The van der Waals surface area contributed by atoms with E-state index >= 15 is 0 Å². The van der Waals surface area contributed by atoms with Crippen molar-refractivity contribution >= 4 is 27.4 Å². The predicted molar refractivity (Wildman–Crippen MR) is 83.9 cm³/mol. The second-order valence-electron chi connectivity index (χ2n) is 4.24. The minimum Gasteiger partial charge on any atom is -0.432 e. The number of anilines is 1. The Balaban J connectivity index is 2.34. The molecule has 0 aliphatic rings. The van der Waals surface area contributed by atoms with Crippen LogP contribution in [-0.4, -0.2) is 16.5 Å². The number of hydrogen-bond donors (Lipinski definition) is 1. The molecule has 0 radical (unpaired) electrons. The Kier molecular flexibility index (Phi) is 5.10. The van der Waals surface area contributed by atoms with Crippen LogP contribution in [0.15, 0.2) is 40.9 Å². The summed E-state index contributed by atoms with van der Waals surface area (Å²) in [4.78, 5) is 14.7. The Hall–Kier alpha value is -2.15. The van der Waals surface area contributed by atoms with Gasteiger partial charge in [0.15, 0.2) is 0 Å². The number of halogens is 1. The maximum Gasteiger partial charge on any atom is 0.331 e. The van der Waals surface area contributed by atoms with Gasteiger partial charge in [-0.25, -0.2) is 0 Å². The molecule has 0 fully saturated rings. The molecule has 6 nitrogen and oxygen atoms in total. The van der Waals surface area contributed by atoms with Crippen LogP contribution in [0.1, 0.15) is 13.3 Å². The Labute approximate surface area is 130 Å². The second-order valence-corrected chi connectivity index (χ2v) is 5.09. The lowest BCUT2D eigenvalue weighted by Crippen LogP contribution is -2.04. The summed E-state index contributed by atoms with van der Waals surface area (Å²) in [6.45, 7) is 2.76. The molecular formula is C14H14BrN3O3. The third-order valence-electron chi connectivity index (χ3n) is 2.64. The van der Waals surface area contributed by atoms with Gasteiger partial charge < -0.3 is 10.1 Å². The van der Waals surface area contributed by atoms with E-state index in [4.69, 9.17) is 4.74 Å². The highest BCUT2D eigenvalue weighted by Crippen LogP contribution is 2.34. The third-order valence-corrected chi connectivity index (χ3v) is 3.29. The number of nitrogens with zero attached hydrogens (tertiary/aromatic N) is 2. The first-order valence-electron chi connectivity index (χ1n) is 6.43. The predicted octanol–water partition coefficient (Wildman–Crippen LogP) is 4.37. The SMILES string of the molecule is CCCNc1ccc([N+](=O)[O-])c(Oc2ccccc2Br)n1. The summed E-state index contributed by atoms with van der Waals surface area (Å²) in [5.41, 5.74) is -0.173. The fraction of sp³-hybridized carbons (Fsp3) is 0.214. The largest absolute Gasteiger partial charge is 0.432 e. The molecule has 1 aromatic carbocycles. The van der Waals surface area contributed by atoms with Crippen molar-refractivity contribution in [2.45, 2.75) is 13.3 Å². The maximum atomic E-state index is 11.1. The van der Waals surface area contributed by atoms with Crippen LogP contribution in [0, 0.1) is 10.1 Å². The van der Waals surface area contributed by atoms with Gasteiger partial charge in [0.25, 0.3) is 0 Å². The summed E-state index contributed by atoms with van der Waals surface area (Å²) >= 11 is 3.34. The van der Waals surface area contributed by atoms with E-state index in [1.54, 1.807) is 24.3 Å². The summed E-state index contributed by atoms with van der Waals surface area (Å²) < 4.78 is 6.28. The first kappa shape index (κ1) is 15.2. The Morgan fingerprint density at radius 3 is 2.76 bits per heavy atom.